The van der Waals surface area contributed by atoms with E-state index in [0.29, 0.717) is 18.3 Å². The predicted octanol–water partition coefficient (Wildman–Crippen LogP) is 4.91. The van der Waals surface area contributed by atoms with Crippen molar-refractivity contribution in [2.45, 2.75) is 33.0 Å². The molecule has 0 saturated heterocycles. The largest absolute Gasteiger partial charge is 0.493 e. The summed E-state index contributed by atoms with van der Waals surface area (Å²) in [6.45, 7) is 3.74. The Hall–Kier alpha value is -3.80. The molecular formula is C24H24ClF3N4O5. The third-order valence-corrected chi connectivity index (χ3v) is 5.49. The minimum absolute atomic E-state index is 0.0710. The second kappa shape index (κ2) is 12.0. The number of alkyl halides is 3. The zero-order chi connectivity index (χ0) is 27.2. The summed E-state index contributed by atoms with van der Waals surface area (Å²) in [6, 6.07) is 6.56. The van der Waals surface area contributed by atoms with Crippen LogP contribution in [0.5, 0.6) is 17.4 Å². The van der Waals surface area contributed by atoms with Gasteiger partial charge in [0.2, 0.25) is 11.8 Å². The van der Waals surface area contributed by atoms with Crippen LogP contribution < -0.4 is 14.4 Å². The molecule has 2 heterocycles. The van der Waals surface area contributed by atoms with Gasteiger partial charge in [-0.2, -0.15) is 18.3 Å². The molecule has 0 saturated carbocycles. The van der Waals surface area contributed by atoms with Crippen LogP contribution in [0.1, 0.15) is 25.0 Å². The average Bonchev–Trinajstić information content (AvgIpc) is 3.23. The van der Waals surface area contributed by atoms with E-state index in [1.165, 1.54) is 35.0 Å². The Balaban J connectivity index is 1.81. The Morgan fingerprint density at radius 1 is 1.11 bits per heavy atom. The minimum atomic E-state index is -4.52. The second-order valence-corrected chi connectivity index (χ2v) is 7.93. The predicted molar refractivity (Wildman–Crippen MR) is 128 cm³/mol. The molecule has 0 atom stereocenters. The van der Waals surface area contributed by atoms with Crippen molar-refractivity contribution in [3.05, 3.63) is 59.0 Å². The number of benzene rings is 1. The first-order valence-corrected chi connectivity index (χ1v) is 11.5. The van der Waals surface area contributed by atoms with Crippen molar-refractivity contribution >= 4 is 29.2 Å². The van der Waals surface area contributed by atoms with Crippen LogP contribution in [0, 0.1) is 0 Å². The van der Waals surface area contributed by atoms with Crippen LogP contribution in [-0.2, 0) is 33.5 Å². The van der Waals surface area contributed by atoms with Crippen molar-refractivity contribution in [3.63, 3.8) is 0 Å². The highest BCUT2D eigenvalue weighted by atomic mass is 35.5. The number of methoxy groups -OCH3 is 1. The highest BCUT2D eigenvalue weighted by Crippen LogP contribution is 2.34. The third-order valence-electron chi connectivity index (χ3n) is 5.10. The lowest BCUT2D eigenvalue weighted by Crippen LogP contribution is -2.37. The maximum atomic E-state index is 13.2. The SMILES string of the molecule is CCOC(=O)CN(C(=O)Cc1ccc(Oc2ccc(C(F)(F)F)cn2)c(OC)c1)c1cnn(CC)c1Cl. The number of nitrogens with zero attached hydrogens (tertiary/aromatic N) is 4. The summed E-state index contributed by atoms with van der Waals surface area (Å²) in [7, 11) is 1.37. The van der Waals surface area contributed by atoms with Gasteiger partial charge in [-0.05, 0) is 37.6 Å². The Morgan fingerprint density at radius 3 is 2.43 bits per heavy atom. The van der Waals surface area contributed by atoms with Gasteiger partial charge in [-0.25, -0.2) is 4.98 Å². The van der Waals surface area contributed by atoms with Crippen LogP contribution in [0.2, 0.25) is 5.15 Å². The normalized spacial score (nSPS) is 11.2. The number of ether oxygens (including phenoxy) is 3. The number of esters is 1. The maximum Gasteiger partial charge on any atom is 0.417 e. The molecule has 0 unspecified atom stereocenters. The molecule has 0 spiro atoms. The van der Waals surface area contributed by atoms with Crippen LogP contribution in [-0.4, -0.2) is 46.9 Å². The maximum absolute atomic E-state index is 13.2. The number of pyridine rings is 1. The second-order valence-electron chi connectivity index (χ2n) is 7.57. The van der Waals surface area contributed by atoms with Gasteiger partial charge >= 0.3 is 12.1 Å². The van der Waals surface area contributed by atoms with Gasteiger partial charge in [0.15, 0.2) is 16.7 Å². The van der Waals surface area contributed by atoms with Crippen LogP contribution >= 0.6 is 11.6 Å². The molecule has 9 nitrogen and oxygen atoms in total. The van der Waals surface area contributed by atoms with Gasteiger partial charge in [-0.3, -0.25) is 19.2 Å². The molecule has 1 aromatic carbocycles. The number of aryl methyl sites for hydroxylation is 1. The summed E-state index contributed by atoms with van der Waals surface area (Å²) in [5.74, 6) is -0.729. The van der Waals surface area contributed by atoms with Gasteiger partial charge in [-0.15, -0.1) is 0 Å². The Morgan fingerprint density at radius 2 is 1.86 bits per heavy atom. The van der Waals surface area contributed by atoms with E-state index in [4.69, 9.17) is 25.8 Å². The van der Waals surface area contributed by atoms with E-state index in [1.54, 1.807) is 13.0 Å². The first kappa shape index (κ1) is 27.8. The fraction of sp³-hybridized carbons (Fsp3) is 0.333. The smallest absolute Gasteiger partial charge is 0.417 e. The molecule has 1 amide bonds. The lowest BCUT2D eigenvalue weighted by atomic mass is 10.1. The number of halogens is 4. The molecule has 198 valence electrons. The summed E-state index contributed by atoms with van der Waals surface area (Å²) >= 11 is 6.36. The first-order valence-electron chi connectivity index (χ1n) is 11.1. The number of hydrogen-bond donors (Lipinski definition) is 0. The summed E-state index contributed by atoms with van der Waals surface area (Å²) in [5, 5.41) is 4.33. The number of hydrogen-bond acceptors (Lipinski definition) is 7. The van der Waals surface area contributed by atoms with E-state index in [9.17, 15) is 22.8 Å². The van der Waals surface area contributed by atoms with Crippen LogP contribution in [0.4, 0.5) is 18.9 Å². The van der Waals surface area contributed by atoms with Crippen molar-refractivity contribution in [3.8, 4) is 17.4 Å². The van der Waals surface area contributed by atoms with E-state index in [0.717, 1.165) is 12.1 Å². The molecule has 0 radical (unpaired) electrons. The van der Waals surface area contributed by atoms with Gasteiger partial charge in [0.05, 0.1) is 31.9 Å². The average molecular weight is 541 g/mol. The molecule has 0 aliphatic carbocycles. The topological polar surface area (TPSA) is 95.8 Å². The fourth-order valence-electron chi connectivity index (χ4n) is 3.30. The number of amides is 1. The zero-order valence-corrected chi connectivity index (χ0v) is 21.0. The number of carbonyl (C=O) groups is 2. The van der Waals surface area contributed by atoms with Crippen LogP contribution in [0.25, 0.3) is 0 Å². The number of carbonyl (C=O) groups excluding carboxylic acids is 2. The van der Waals surface area contributed by atoms with E-state index in [2.05, 4.69) is 10.1 Å². The summed E-state index contributed by atoms with van der Waals surface area (Å²) in [4.78, 5) is 30.3. The molecule has 13 heteroatoms. The lowest BCUT2D eigenvalue weighted by molar-refractivity contribution is -0.142. The Bertz CT molecular complexity index is 1250. The van der Waals surface area contributed by atoms with Gasteiger partial charge < -0.3 is 14.2 Å². The molecule has 0 fully saturated rings. The molecule has 0 aliphatic rings. The summed E-state index contributed by atoms with van der Waals surface area (Å²) in [6.07, 6.45) is -2.59. The number of aromatic nitrogens is 3. The van der Waals surface area contributed by atoms with Gasteiger partial charge in [0, 0.05) is 18.8 Å². The molecular weight excluding hydrogens is 517 g/mol. The van der Waals surface area contributed by atoms with Gasteiger partial charge in [-0.1, -0.05) is 17.7 Å². The molecule has 3 rings (SSSR count). The quantitative estimate of drug-likeness (QED) is 0.337. The molecule has 37 heavy (non-hydrogen) atoms. The van der Waals surface area contributed by atoms with Crippen LogP contribution in [0.3, 0.4) is 0 Å². The molecule has 3 aromatic rings. The molecule has 0 N–H and O–H groups in total. The van der Waals surface area contributed by atoms with Crippen molar-refractivity contribution in [1.82, 2.24) is 14.8 Å². The minimum Gasteiger partial charge on any atom is -0.493 e. The van der Waals surface area contributed by atoms with Gasteiger partial charge in [0.1, 0.15) is 12.2 Å². The summed E-state index contributed by atoms with van der Waals surface area (Å²) < 4.78 is 55.6. The van der Waals surface area contributed by atoms with Gasteiger partial charge in [0.25, 0.3) is 0 Å². The van der Waals surface area contributed by atoms with E-state index < -0.39 is 23.6 Å². The van der Waals surface area contributed by atoms with Crippen molar-refractivity contribution in [1.29, 1.82) is 0 Å². The number of rotatable bonds is 10. The highest BCUT2D eigenvalue weighted by molar-refractivity contribution is 6.32. The van der Waals surface area contributed by atoms with Crippen molar-refractivity contribution in [2.75, 3.05) is 25.2 Å². The van der Waals surface area contributed by atoms with E-state index >= 15 is 0 Å². The summed E-state index contributed by atoms with van der Waals surface area (Å²) in [5.41, 5.74) is -0.123. The van der Waals surface area contributed by atoms with E-state index in [1.807, 2.05) is 6.92 Å². The Labute approximate surface area is 215 Å². The number of anilines is 1. The highest BCUT2D eigenvalue weighted by Gasteiger charge is 2.31. The molecule has 0 aliphatic heterocycles. The third kappa shape index (κ3) is 6.91. The Kier molecular flexibility index (Phi) is 8.98. The first-order chi connectivity index (χ1) is 17.6. The monoisotopic (exact) mass is 540 g/mol. The fourth-order valence-corrected chi connectivity index (χ4v) is 3.62. The zero-order valence-electron chi connectivity index (χ0n) is 20.2. The van der Waals surface area contributed by atoms with Crippen molar-refractivity contribution in [2.24, 2.45) is 0 Å². The lowest BCUT2D eigenvalue weighted by Gasteiger charge is -2.21. The van der Waals surface area contributed by atoms with Crippen molar-refractivity contribution < 1.29 is 37.0 Å². The standard InChI is InChI=1S/C24H24ClF3N4O5/c1-4-32-23(25)17(13-30-32)31(14-22(34)36-5-2)21(33)11-15-6-8-18(19(10-15)35-3)37-20-9-7-16(12-29-20)24(26,27)28/h6-10,12-13H,4-5,11,14H2,1-3H3. The van der Waals surface area contributed by atoms with Crippen LogP contribution in [0.15, 0.2) is 42.7 Å². The van der Waals surface area contributed by atoms with E-state index in [-0.39, 0.29) is 47.8 Å². The molecule has 0 bridgehead atoms. The molecule has 2 aromatic heterocycles.